The first-order valence-electron chi connectivity index (χ1n) is 36.3. The normalized spacial score (nSPS) is 12.7. The van der Waals surface area contributed by atoms with E-state index in [1.54, 1.807) is 6.08 Å². The van der Waals surface area contributed by atoms with Gasteiger partial charge in [-0.3, -0.25) is 9.59 Å². The summed E-state index contributed by atoms with van der Waals surface area (Å²) in [5.74, 6) is -0.0570. The van der Waals surface area contributed by atoms with Crippen LogP contribution >= 0.6 is 0 Å². The van der Waals surface area contributed by atoms with Gasteiger partial charge in [-0.1, -0.05) is 359 Å². The summed E-state index contributed by atoms with van der Waals surface area (Å²) in [6, 6.07) is -0.627. The number of carbonyl (C=O) groups is 2. The molecule has 6 nitrogen and oxygen atoms in total. The van der Waals surface area contributed by atoms with Crippen LogP contribution in [0.4, 0.5) is 0 Å². The molecule has 1 amide bonds. The van der Waals surface area contributed by atoms with E-state index in [4.69, 9.17) is 4.74 Å². The molecule has 0 radical (unpaired) electrons. The number of nitrogens with one attached hydrogen (secondary N) is 1. The van der Waals surface area contributed by atoms with Crippen molar-refractivity contribution in [3.63, 3.8) is 0 Å². The van der Waals surface area contributed by atoms with Crippen molar-refractivity contribution >= 4 is 11.9 Å². The lowest BCUT2D eigenvalue weighted by molar-refractivity contribution is -0.143. The van der Waals surface area contributed by atoms with Crippen molar-refractivity contribution in [1.29, 1.82) is 0 Å². The maximum Gasteiger partial charge on any atom is 0.305 e. The van der Waals surface area contributed by atoms with E-state index in [1.165, 1.54) is 321 Å². The second-order valence-electron chi connectivity index (χ2n) is 24.9. The largest absolute Gasteiger partial charge is 0.466 e. The van der Waals surface area contributed by atoms with Crippen LogP contribution in [-0.4, -0.2) is 47.4 Å². The molecule has 0 aliphatic heterocycles. The maximum atomic E-state index is 12.5. The summed E-state index contributed by atoms with van der Waals surface area (Å²) in [7, 11) is 0. The van der Waals surface area contributed by atoms with Gasteiger partial charge in [0.25, 0.3) is 0 Å². The van der Waals surface area contributed by atoms with E-state index in [0.717, 1.165) is 51.4 Å². The number of hydrogen-bond acceptors (Lipinski definition) is 5. The second kappa shape index (κ2) is 69.6. The van der Waals surface area contributed by atoms with Crippen LogP contribution in [0.5, 0.6) is 0 Å². The van der Waals surface area contributed by atoms with E-state index in [1.807, 2.05) is 6.08 Å². The monoisotopic (exact) mass is 1120 g/mol. The molecule has 0 heterocycles. The van der Waals surface area contributed by atoms with E-state index in [0.29, 0.717) is 19.4 Å². The third-order valence-electron chi connectivity index (χ3n) is 16.9. The summed E-state index contributed by atoms with van der Waals surface area (Å²) in [5.41, 5.74) is 0. The Hall–Kier alpha value is -1.92. The van der Waals surface area contributed by atoms with Crippen LogP contribution in [-0.2, 0) is 14.3 Å². The fraction of sp³-hybridized carbons (Fsp3) is 0.892. The Labute approximate surface area is 500 Å². The number of carbonyl (C=O) groups excluding carboxylic acids is 2. The molecule has 0 aromatic rings. The average molecular weight is 1120 g/mol. The standard InChI is InChI=1S/C74H141NO5/c1-3-5-7-9-11-13-15-17-19-21-22-32-35-38-42-46-50-54-58-62-66-72(77)71(70-76)75-73(78)67-63-59-55-51-47-43-39-36-33-30-28-26-24-23-25-27-29-31-34-37-41-45-49-53-57-61-65-69-80-74(79)68-64-60-56-52-48-44-40-20-18-16-14-12-10-8-6-4-2/h14,16,20,40,62,66,71-72,76-77H,3-13,15,17-19,21-39,41-61,63-65,67-70H2,1-2H3,(H,75,78)/b16-14-,40-20-,66-62+. The van der Waals surface area contributed by atoms with E-state index < -0.39 is 12.1 Å². The first-order chi connectivity index (χ1) is 39.5. The smallest absolute Gasteiger partial charge is 0.305 e. The molecule has 3 N–H and O–H groups in total. The zero-order valence-corrected chi connectivity index (χ0v) is 54.1. The lowest BCUT2D eigenvalue weighted by atomic mass is 10.0. The second-order valence-corrected chi connectivity index (χ2v) is 24.9. The maximum absolute atomic E-state index is 12.5. The predicted molar refractivity (Wildman–Crippen MR) is 352 cm³/mol. The SMILES string of the molecule is CCCCCC/C=C\C/C=C\CCCCCCCC(=O)OCCCCCCCCCCCCCCCCCCCCCCCCCCCCCC(=O)NC(CO)C(O)/C=C/CCCCCCCCCCCCCCCCCCCC. The van der Waals surface area contributed by atoms with Crippen LogP contribution in [0, 0.1) is 0 Å². The van der Waals surface area contributed by atoms with Crippen molar-refractivity contribution in [2.75, 3.05) is 13.2 Å². The third kappa shape index (κ3) is 65.2. The molecule has 0 rings (SSSR count). The van der Waals surface area contributed by atoms with Crippen LogP contribution in [0.2, 0.25) is 0 Å². The number of hydrogen-bond donors (Lipinski definition) is 3. The molecule has 0 saturated heterocycles. The number of allylic oxidation sites excluding steroid dienone is 5. The van der Waals surface area contributed by atoms with Gasteiger partial charge in [-0.25, -0.2) is 0 Å². The Kier molecular flexibility index (Phi) is 67.9. The molecule has 0 aliphatic carbocycles. The lowest BCUT2D eigenvalue weighted by Gasteiger charge is -2.20. The van der Waals surface area contributed by atoms with Crippen LogP contribution in [0.25, 0.3) is 0 Å². The molecule has 0 spiro atoms. The summed E-state index contributed by atoms with van der Waals surface area (Å²) in [6.07, 6.45) is 89.4. The molecule has 0 aromatic heterocycles. The van der Waals surface area contributed by atoms with Gasteiger partial charge in [0.1, 0.15) is 0 Å². The number of esters is 1. The molecule has 6 heteroatoms. The first-order valence-corrected chi connectivity index (χ1v) is 36.3. The molecule has 2 atom stereocenters. The summed E-state index contributed by atoms with van der Waals surface area (Å²) in [6.45, 7) is 4.92. The molecule has 0 saturated carbocycles. The quantitative estimate of drug-likeness (QED) is 0.0320. The first kappa shape index (κ1) is 78.1. The highest BCUT2D eigenvalue weighted by Crippen LogP contribution is 2.19. The molecule has 80 heavy (non-hydrogen) atoms. The zero-order chi connectivity index (χ0) is 57.8. The molecular weight excluding hydrogens is 983 g/mol. The van der Waals surface area contributed by atoms with Gasteiger partial charge in [-0.2, -0.15) is 0 Å². The van der Waals surface area contributed by atoms with Crippen LogP contribution in [0.15, 0.2) is 36.5 Å². The van der Waals surface area contributed by atoms with Crippen molar-refractivity contribution < 1.29 is 24.5 Å². The molecule has 0 aromatic carbocycles. The molecular formula is C74H141NO5. The van der Waals surface area contributed by atoms with Crippen molar-refractivity contribution in [3.8, 4) is 0 Å². The van der Waals surface area contributed by atoms with Gasteiger partial charge < -0.3 is 20.3 Å². The summed E-state index contributed by atoms with van der Waals surface area (Å²) in [5, 5.41) is 23.3. The van der Waals surface area contributed by atoms with Gasteiger partial charge in [0.05, 0.1) is 25.4 Å². The minimum Gasteiger partial charge on any atom is -0.466 e. The van der Waals surface area contributed by atoms with Crippen LogP contribution in [0.3, 0.4) is 0 Å². The summed E-state index contributed by atoms with van der Waals surface area (Å²) < 4.78 is 5.49. The van der Waals surface area contributed by atoms with Gasteiger partial charge in [0, 0.05) is 12.8 Å². The van der Waals surface area contributed by atoms with Gasteiger partial charge in [-0.15, -0.1) is 0 Å². The zero-order valence-electron chi connectivity index (χ0n) is 54.1. The Bertz CT molecular complexity index is 1300. The fourth-order valence-corrected chi connectivity index (χ4v) is 11.4. The number of rotatable bonds is 68. The highest BCUT2D eigenvalue weighted by molar-refractivity contribution is 5.76. The van der Waals surface area contributed by atoms with Crippen LogP contribution in [0.1, 0.15) is 399 Å². The predicted octanol–water partition coefficient (Wildman–Crippen LogP) is 23.5. The van der Waals surface area contributed by atoms with Gasteiger partial charge >= 0.3 is 5.97 Å². The summed E-state index contributed by atoms with van der Waals surface area (Å²) in [4.78, 5) is 24.6. The van der Waals surface area contributed by atoms with E-state index in [2.05, 4.69) is 43.5 Å². The molecule has 2 unspecified atom stereocenters. The average Bonchev–Trinajstić information content (AvgIpc) is 3.46. The number of amides is 1. The highest BCUT2D eigenvalue weighted by Gasteiger charge is 2.18. The minimum atomic E-state index is -0.844. The van der Waals surface area contributed by atoms with Gasteiger partial charge in [0.2, 0.25) is 5.91 Å². The van der Waals surface area contributed by atoms with Crippen molar-refractivity contribution in [2.24, 2.45) is 0 Å². The number of ether oxygens (including phenoxy) is 1. The lowest BCUT2D eigenvalue weighted by Crippen LogP contribution is -2.45. The molecule has 0 bridgehead atoms. The van der Waals surface area contributed by atoms with Crippen molar-refractivity contribution in [1.82, 2.24) is 5.32 Å². The number of aliphatic hydroxyl groups is 2. The molecule has 0 fully saturated rings. The van der Waals surface area contributed by atoms with Crippen LogP contribution < -0.4 is 5.32 Å². The Morgan fingerprint density at radius 3 is 0.963 bits per heavy atom. The summed E-state index contributed by atoms with van der Waals surface area (Å²) >= 11 is 0. The van der Waals surface area contributed by atoms with E-state index in [-0.39, 0.29) is 18.5 Å². The number of unbranched alkanes of at least 4 members (excludes halogenated alkanes) is 53. The molecule has 472 valence electrons. The Morgan fingerprint density at radius 2 is 0.625 bits per heavy atom. The van der Waals surface area contributed by atoms with Gasteiger partial charge in [-0.05, 0) is 64.2 Å². The van der Waals surface area contributed by atoms with Crippen molar-refractivity contribution in [3.05, 3.63) is 36.5 Å². The fourth-order valence-electron chi connectivity index (χ4n) is 11.4. The third-order valence-corrected chi connectivity index (χ3v) is 16.9. The Morgan fingerprint density at radius 1 is 0.350 bits per heavy atom. The highest BCUT2D eigenvalue weighted by atomic mass is 16.5. The number of aliphatic hydroxyl groups excluding tert-OH is 2. The Balaban J connectivity index is 3.38. The topological polar surface area (TPSA) is 95.9 Å². The minimum absolute atomic E-state index is 0.00472. The van der Waals surface area contributed by atoms with Crippen molar-refractivity contribution in [2.45, 2.75) is 411 Å². The van der Waals surface area contributed by atoms with E-state index in [9.17, 15) is 19.8 Å². The van der Waals surface area contributed by atoms with Gasteiger partial charge in [0.15, 0.2) is 0 Å². The molecule has 0 aliphatic rings. The van der Waals surface area contributed by atoms with E-state index >= 15 is 0 Å².